The number of amides is 1. The molecule has 2 N–H and O–H groups in total. The molecule has 0 saturated carbocycles. The van der Waals surface area contributed by atoms with Gasteiger partial charge in [0.05, 0.1) is 6.04 Å². The lowest BCUT2D eigenvalue weighted by molar-refractivity contribution is -0.124. The lowest BCUT2D eigenvalue weighted by Crippen LogP contribution is -2.53. The standard InChI is InChI=1S/C9H15N5O/c1-6-12-13-8(14(6)2)5-7-9(15)11-4-3-10-7/h7,10H,3-5H2,1-2H3,(H,11,15). The third-order valence-corrected chi connectivity index (χ3v) is 2.70. The Kier molecular flexibility index (Phi) is 2.68. The van der Waals surface area contributed by atoms with Crippen molar-refractivity contribution in [2.24, 2.45) is 7.05 Å². The summed E-state index contributed by atoms with van der Waals surface area (Å²) in [7, 11) is 1.91. The number of aromatic nitrogens is 3. The van der Waals surface area contributed by atoms with Crippen molar-refractivity contribution < 1.29 is 4.79 Å². The van der Waals surface area contributed by atoms with Crippen LogP contribution in [0.4, 0.5) is 0 Å². The van der Waals surface area contributed by atoms with Crippen LogP contribution in [0.5, 0.6) is 0 Å². The van der Waals surface area contributed by atoms with E-state index in [2.05, 4.69) is 20.8 Å². The van der Waals surface area contributed by atoms with Crippen molar-refractivity contribution in [3.63, 3.8) is 0 Å². The van der Waals surface area contributed by atoms with Gasteiger partial charge in [-0.3, -0.25) is 4.79 Å². The van der Waals surface area contributed by atoms with Gasteiger partial charge in [0, 0.05) is 26.6 Å². The van der Waals surface area contributed by atoms with Gasteiger partial charge in [0.15, 0.2) is 0 Å². The fourth-order valence-corrected chi connectivity index (χ4v) is 1.62. The Labute approximate surface area is 88.1 Å². The van der Waals surface area contributed by atoms with Crippen LogP contribution in [-0.2, 0) is 18.3 Å². The molecule has 1 amide bonds. The molecule has 1 unspecified atom stereocenters. The minimum absolute atomic E-state index is 0.0434. The Morgan fingerprint density at radius 2 is 2.27 bits per heavy atom. The molecule has 15 heavy (non-hydrogen) atoms. The number of carbonyl (C=O) groups excluding carboxylic acids is 1. The number of aryl methyl sites for hydroxylation is 1. The fourth-order valence-electron chi connectivity index (χ4n) is 1.62. The Balaban J connectivity index is 2.07. The van der Waals surface area contributed by atoms with Gasteiger partial charge >= 0.3 is 0 Å². The van der Waals surface area contributed by atoms with Gasteiger partial charge in [0.2, 0.25) is 5.91 Å². The number of hydrogen-bond acceptors (Lipinski definition) is 4. The monoisotopic (exact) mass is 209 g/mol. The number of hydrogen-bond donors (Lipinski definition) is 2. The van der Waals surface area contributed by atoms with Gasteiger partial charge in [-0.25, -0.2) is 0 Å². The molecular formula is C9H15N5O. The van der Waals surface area contributed by atoms with E-state index in [1.807, 2.05) is 18.5 Å². The van der Waals surface area contributed by atoms with Crippen molar-refractivity contribution in [2.45, 2.75) is 19.4 Å². The average molecular weight is 209 g/mol. The average Bonchev–Trinajstić information content (AvgIpc) is 2.53. The zero-order chi connectivity index (χ0) is 10.8. The van der Waals surface area contributed by atoms with Crippen LogP contribution in [0.3, 0.4) is 0 Å². The first kappa shape index (κ1) is 10.1. The molecule has 1 saturated heterocycles. The van der Waals surface area contributed by atoms with E-state index in [0.29, 0.717) is 13.0 Å². The van der Waals surface area contributed by atoms with E-state index in [9.17, 15) is 4.79 Å². The molecule has 1 aromatic heterocycles. The second kappa shape index (κ2) is 3.98. The summed E-state index contributed by atoms with van der Waals surface area (Å²) < 4.78 is 1.91. The summed E-state index contributed by atoms with van der Waals surface area (Å²) >= 11 is 0. The van der Waals surface area contributed by atoms with Gasteiger partial charge in [-0.05, 0) is 6.92 Å². The van der Waals surface area contributed by atoms with Crippen molar-refractivity contribution in [3.05, 3.63) is 11.6 Å². The largest absolute Gasteiger partial charge is 0.353 e. The number of nitrogens with one attached hydrogen (secondary N) is 2. The molecule has 0 spiro atoms. The molecule has 0 radical (unpaired) electrons. The molecule has 2 heterocycles. The first-order valence-corrected chi connectivity index (χ1v) is 5.04. The number of nitrogens with zero attached hydrogens (tertiary/aromatic N) is 3. The molecule has 2 rings (SSSR count). The Hall–Kier alpha value is -1.43. The van der Waals surface area contributed by atoms with E-state index in [-0.39, 0.29) is 11.9 Å². The molecule has 0 aromatic carbocycles. The maximum absolute atomic E-state index is 11.5. The Bertz CT molecular complexity index is 373. The second-order valence-corrected chi connectivity index (χ2v) is 3.72. The van der Waals surface area contributed by atoms with Gasteiger partial charge in [0.25, 0.3) is 0 Å². The molecular weight excluding hydrogens is 194 g/mol. The highest BCUT2D eigenvalue weighted by Crippen LogP contribution is 2.03. The van der Waals surface area contributed by atoms with Crippen LogP contribution >= 0.6 is 0 Å². The Morgan fingerprint density at radius 3 is 2.87 bits per heavy atom. The van der Waals surface area contributed by atoms with Crippen LogP contribution in [0.2, 0.25) is 0 Å². The van der Waals surface area contributed by atoms with Crippen molar-refractivity contribution in [1.82, 2.24) is 25.4 Å². The SMILES string of the molecule is Cc1nnc(CC2NCCNC2=O)n1C. The first-order chi connectivity index (χ1) is 7.18. The van der Waals surface area contributed by atoms with Gasteiger partial charge in [-0.2, -0.15) is 0 Å². The van der Waals surface area contributed by atoms with E-state index in [1.54, 1.807) is 0 Å². The topological polar surface area (TPSA) is 71.8 Å². The summed E-state index contributed by atoms with van der Waals surface area (Å²) in [5, 5.41) is 14.0. The zero-order valence-corrected chi connectivity index (χ0v) is 8.95. The third-order valence-electron chi connectivity index (χ3n) is 2.70. The zero-order valence-electron chi connectivity index (χ0n) is 8.95. The van der Waals surface area contributed by atoms with Crippen LogP contribution in [0.15, 0.2) is 0 Å². The maximum atomic E-state index is 11.5. The molecule has 82 valence electrons. The van der Waals surface area contributed by atoms with Crippen molar-refractivity contribution in [1.29, 1.82) is 0 Å². The predicted octanol–water partition coefficient (Wildman–Crippen LogP) is -1.25. The first-order valence-electron chi connectivity index (χ1n) is 5.04. The number of carbonyl (C=O) groups is 1. The lowest BCUT2D eigenvalue weighted by atomic mass is 10.1. The van der Waals surface area contributed by atoms with Crippen LogP contribution in [0, 0.1) is 6.92 Å². The number of rotatable bonds is 2. The van der Waals surface area contributed by atoms with Crippen LogP contribution in [0.1, 0.15) is 11.6 Å². The molecule has 1 aliphatic heterocycles. The molecule has 0 bridgehead atoms. The van der Waals surface area contributed by atoms with Crippen molar-refractivity contribution in [2.75, 3.05) is 13.1 Å². The van der Waals surface area contributed by atoms with E-state index in [0.717, 1.165) is 18.2 Å². The van der Waals surface area contributed by atoms with Crippen LogP contribution in [-0.4, -0.2) is 39.8 Å². The van der Waals surface area contributed by atoms with E-state index < -0.39 is 0 Å². The molecule has 0 aliphatic carbocycles. The third kappa shape index (κ3) is 1.99. The minimum atomic E-state index is -0.180. The van der Waals surface area contributed by atoms with Crippen LogP contribution in [0.25, 0.3) is 0 Å². The van der Waals surface area contributed by atoms with Crippen molar-refractivity contribution in [3.8, 4) is 0 Å². The summed E-state index contributed by atoms with van der Waals surface area (Å²) in [6.07, 6.45) is 0.586. The molecule has 1 aromatic rings. The smallest absolute Gasteiger partial charge is 0.237 e. The predicted molar refractivity (Wildman–Crippen MR) is 54.2 cm³/mol. The fraction of sp³-hybridized carbons (Fsp3) is 0.667. The summed E-state index contributed by atoms with van der Waals surface area (Å²) in [5.74, 6) is 1.74. The van der Waals surface area contributed by atoms with Crippen LogP contribution < -0.4 is 10.6 Å². The van der Waals surface area contributed by atoms with Gasteiger partial charge in [-0.1, -0.05) is 0 Å². The second-order valence-electron chi connectivity index (χ2n) is 3.72. The molecule has 1 aliphatic rings. The van der Waals surface area contributed by atoms with Gasteiger partial charge in [-0.15, -0.1) is 10.2 Å². The van der Waals surface area contributed by atoms with E-state index in [4.69, 9.17) is 0 Å². The molecule has 1 atom stereocenters. The summed E-state index contributed by atoms with van der Waals surface area (Å²) in [6.45, 7) is 3.41. The lowest BCUT2D eigenvalue weighted by Gasteiger charge is -2.22. The number of piperazine rings is 1. The minimum Gasteiger partial charge on any atom is -0.353 e. The highest BCUT2D eigenvalue weighted by Gasteiger charge is 2.23. The van der Waals surface area contributed by atoms with Gasteiger partial charge in [0.1, 0.15) is 11.6 Å². The normalized spacial score (nSPS) is 21.5. The summed E-state index contributed by atoms with van der Waals surface area (Å²) in [5.41, 5.74) is 0. The highest BCUT2D eigenvalue weighted by molar-refractivity contribution is 5.82. The summed E-state index contributed by atoms with van der Waals surface area (Å²) in [4.78, 5) is 11.5. The molecule has 1 fully saturated rings. The van der Waals surface area contributed by atoms with E-state index in [1.165, 1.54) is 0 Å². The maximum Gasteiger partial charge on any atom is 0.237 e. The van der Waals surface area contributed by atoms with Crippen molar-refractivity contribution >= 4 is 5.91 Å². The Morgan fingerprint density at radius 1 is 1.47 bits per heavy atom. The van der Waals surface area contributed by atoms with Gasteiger partial charge < -0.3 is 15.2 Å². The summed E-state index contributed by atoms with van der Waals surface area (Å²) in [6, 6.07) is -0.180. The quantitative estimate of drug-likeness (QED) is 0.638. The van der Waals surface area contributed by atoms with E-state index >= 15 is 0 Å². The molecule has 6 nitrogen and oxygen atoms in total. The molecule has 6 heteroatoms. The highest BCUT2D eigenvalue weighted by atomic mass is 16.2.